The number of hydrogen-bond donors (Lipinski definition) is 1. The molecule has 0 saturated carbocycles. The Morgan fingerprint density at radius 2 is 1.66 bits per heavy atom. The number of carbonyl (C=O) groups excluding carboxylic acids is 1. The second-order valence-electron chi connectivity index (χ2n) is 8.38. The van der Waals surface area contributed by atoms with Crippen LogP contribution in [0.5, 0.6) is 5.75 Å². The molecule has 172 valence electrons. The van der Waals surface area contributed by atoms with Gasteiger partial charge in [0.15, 0.2) is 0 Å². The quantitative estimate of drug-likeness (QED) is 0.659. The topological polar surface area (TPSA) is 78.9 Å². The van der Waals surface area contributed by atoms with Crippen molar-refractivity contribution in [3.8, 4) is 5.75 Å². The van der Waals surface area contributed by atoms with Gasteiger partial charge >= 0.3 is 0 Å². The monoisotopic (exact) mass is 457 g/mol. The van der Waals surface area contributed by atoms with Gasteiger partial charge in [-0.2, -0.15) is 4.31 Å². The number of rotatable bonds is 8. The molecule has 0 aromatic heterocycles. The molecule has 32 heavy (non-hydrogen) atoms. The van der Waals surface area contributed by atoms with Crippen molar-refractivity contribution >= 4 is 15.9 Å². The summed E-state index contributed by atoms with van der Waals surface area (Å²) in [6, 6.07) is 14.3. The second-order valence-corrected chi connectivity index (χ2v) is 10.3. The molecule has 1 atom stereocenters. The minimum Gasteiger partial charge on any atom is -0.497 e. The predicted molar refractivity (Wildman–Crippen MR) is 123 cm³/mol. The highest BCUT2D eigenvalue weighted by molar-refractivity contribution is 7.89. The smallest absolute Gasteiger partial charge is 0.251 e. The van der Waals surface area contributed by atoms with Crippen LogP contribution in [0.2, 0.25) is 0 Å². The van der Waals surface area contributed by atoms with E-state index in [1.807, 2.05) is 18.2 Å². The maximum Gasteiger partial charge on any atom is 0.251 e. The van der Waals surface area contributed by atoms with E-state index in [1.54, 1.807) is 19.2 Å². The summed E-state index contributed by atoms with van der Waals surface area (Å²) in [6.45, 7) is 3.60. The molecule has 2 aliphatic rings. The van der Waals surface area contributed by atoms with E-state index >= 15 is 0 Å². The molecule has 2 fully saturated rings. The van der Waals surface area contributed by atoms with Gasteiger partial charge < -0.3 is 10.1 Å². The summed E-state index contributed by atoms with van der Waals surface area (Å²) in [5, 5.41) is 3.04. The summed E-state index contributed by atoms with van der Waals surface area (Å²) in [5.74, 6) is 0.593. The van der Waals surface area contributed by atoms with E-state index in [0.717, 1.165) is 50.1 Å². The fraction of sp³-hybridized carbons (Fsp3) is 0.458. The Bertz CT molecular complexity index is 1030. The summed E-state index contributed by atoms with van der Waals surface area (Å²) in [6.07, 6.45) is 4.10. The first-order valence-corrected chi connectivity index (χ1v) is 12.7. The molecule has 8 heteroatoms. The highest BCUT2D eigenvalue weighted by atomic mass is 32.2. The van der Waals surface area contributed by atoms with E-state index < -0.39 is 10.0 Å². The Kier molecular flexibility index (Phi) is 7.13. The number of sulfonamides is 1. The van der Waals surface area contributed by atoms with Gasteiger partial charge in [0.05, 0.1) is 18.0 Å². The van der Waals surface area contributed by atoms with E-state index in [1.165, 1.54) is 16.4 Å². The van der Waals surface area contributed by atoms with Crippen molar-refractivity contribution in [3.05, 3.63) is 59.7 Å². The van der Waals surface area contributed by atoms with E-state index in [0.29, 0.717) is 25.2 Å². The molecule has 1 amide bonds. The van der Waals surface area contributed by atoms with E-state index in [4.69, 9.17) is 4.74 Å². The third kappa shape index (κ3) is 4.98. The fourth-order valence-electron chi connectivity index (χ4n) is 4.51. The zero-order valence-electron chi connectivity index (χ0n) is 18.5. The molecule has 2 aromatic rings. The molecule has 2 aromatic carbocycles. The molecule has 0 radical (unpaired) electrons. The van der Waals surface area contributed by atoms with Crippen LogP contribution in [0.25, 0.3) is 0 Å². The highest BCUT2D eigenvalue weighted by Crippen LogP contribution is 2.27. The Morgan fingerprint density at radius 1 is 1.00 bits per heavy atom. The fourth-order valence-corrected chi connectivity index (χ4v) is 6.02. The molecule has 1 N–H and O–H groups in total. The Morgan fingerprint density at radius 3 is 2.31 bits per heavy atom. The minimum atomic E-state index is -3.48. The maximum atomic E-state index is 12.8. The molecule has 0 unspecified atom stereocenters. The van der Waals surface area contributed by atoms with E-state index in [9.17, 15) is 13.2 Å². The number of benzene rings is 2. The van der Waals surface area contributed by atoms with Crippen LogP contribution in [0.4, 0.5) is 0 Å². The number of amides is 1. The third-order valence-corrected chi connectivity index (χ3v) is 8.25. The first-order valence-electron chi connectivity index (χ1n) is 11.3. The number of nitrogens with one attached hydrogen (secondary N) is 1. The average molecular weight is 458 g/mol. The minimum absolute atomic E-state index is 0.0615. The van der Waals surface area contributed by atoms with Crippen LogP contribution in [-0.2, 0) is 10.0 Å². The maximum absolute atomic E-state index is 12.8. The normalized spacial score (nSPS) is 18.5. The van der Waals surface area contributed by atoms with Crippen molar-refractivity contribution in [2.24, 2.45) is 0 Å². The molecule has 2 aliphatic heterocycles. The number of hydrogen-bond acceptors (Lipinski definition) is 5. The van der Waals surface area contributed by atoms with Crippen LogP contribution < -0.4 is 10.1 Å². The average Bonchev–Trinajstić information content (AvgIpc) is 3.54. The van der Waals surface area contributed by atoms with Crippen molar-refractivity contribution < 1.29 is 17.9 Å². The van der Waals surface area contributed by atoms with Crippen LogP contribution in [0.15, 0.2) is 53.4 Å². The van der Waals surface area contributed by atoms with Crippen LogP contribution in [0.3, 0.4) is 0 Å². The number of methoxy groups -OCH3 is 1. The van der Waals surface area contributed by atoms with Gasteiger partial charge in [-0.3, -0.25) is 9.69 Å². The number of likely N-dealkylation sites (tertiary alicyclic amines) is 1. The molecular formula is C24H31N3O4S. The highest BCUT2D eigenvalue weighted by Gasteiger charge is 2.28. The van der Waals surface area contributed by atoms with Crippen molar-refractivity contribution in [3.63, 3.8) is 0 Å². The molecule has 2 heterocycles. The lowest BCUT2D eigenvalue weighted by Gasteiger charge is -2.28. The summed E-state index contributed by atoms with van der Waals surface area (Å²) in [5.41, 5.74) is 1.56. The van der Waals surface area contributed by atoms with Crippen LogP contribution >= 0.6 is 0 Å². The molecule has 2 saturated heterocycles. The van der Waals surface area contributed by atoms with Crippen molar-refractivity contribution in [2.75, 3.05) is 39.8 Å². The van der Waals surface area contributed by atoms with Crippen LogP contribution in [-0.4, -0.2) is 63.4 Å². The number of ether oxygens (including phenoxy) is 1. The molecule has 0 bridgehead atoms. The first-order chi connectivity index (χ1) is 15.5. The standard InChI is InChI=1S/C24H31N3O4S/c1-31-21-8-6-7-20(17-21)23(26-13-2-3-14-26)18-25-24(28)19-9-11-22(12-10-19)32(29,30)27-15-4-5-16-27/h6-12,17,23H,2-5,13-16,18H2,1H3,(H,25,28)/t23-/m0/s1. The van der Waals surface area contributed by atoms with Crippen molar-refractivity contribution in [1.82, 2.24) is 14.5 Å². The van der Waals surface area contributed by atoms with Crippen LogP contribution in [0, 0.1) is 0 Å². The van der Waals surface area contributed by atoms with Gasteiger partial charge in [0, 0.05) is 25.2 Å². The van der Waals surface area contributed by atoms with Gasteiger partial charge in [0.2, 0.25) is 10.0 Å². The zero-order chi connectivity index (χ0) is 22.6. The Hall–Kier alpha value is -2.42. The summed E-state index contributed by atoms with van der Waals surface area (Å²) in [7, 11) is -1.83. The van der Waals surface area contributed by atoms with Crippen molar-refractivity contribution in [2.45, 2.75) is 36.6 Å². The number of carbonyl (C=O) groups is 1. The first kappa shape index (κ1) is 22.8. The second kappa shape index (κ2) is 10.0. The van der Waals surface area contributed by atoms with Gasteiger partial charge in [0.25, 0.3) is 5.91 Å². The van der Waals surface area contributed by atoms with Gasteiger partial charge in [-0.05, 0) is 80.7 Å². The Balaban J connectivity index is 1.44. The Labute approximate surface area is 190 Å². The van der Waals surface area contributed by atoms with Gasteiger partial charge in [-0.25, -0.2) is 8.42 Å². The molecular weight excluding hydrogens is 426 g/mol. The van der Waals surface area contributed by atoms with Crippen molar-refractivity contribution in [1.29, 1.82) is 0 Å². The van der Waals surface area contributed by atoms with Gasteiger partial charge in [0.1, 0.15) is 5.75 Å². The largest absolute Gasteiger partial charge is 0.497 e. The SMILES string of the molecule is COc1cccc([C@H](CNC(=O)c2ccc(S(=O)(=O)N3CCCC3)cc2)N2CCCC2)c1. The predicted octanol–water partition coefficient (Wildman–Crippen LogP) is 3.05. The summed E-state index contributed by atoms with van der Waals surface area (Å²) < 4.78 is 32.3. The molecule has 7 nitrogen and oxygen atoms in total. The molecule has 0 spiro atoms. The molecule has 4 rings (SSSR count). The van der Waals surface area contributed by atoms with E-state index in [2.05, 4.69) is 16.3 Å². The lowest BCUT2D eigenvalue weighted by atomic mass is 10.0. The third-order valence-electron chi connectivity index (χ3n) is 6.34. The summed E-state index contributed by atoms with van der Waals surface area (Å²) in [4.78, 5) is 15.4. The lowest BCUT2D eigenvalue weighted by Crippen LogP contribution is -2.36. The van der Waals surface area contributed by atoms with Crippen LogP contribution in [0.1, 0.15) is 47.6 Å². The van der Waals surface area contributed by atoms with Gasteiger partial charge in [-0.1, -0.05) is 12.1 Å². The molecule has 0 aliphatic carbocycles. The van der Waals surface area contributed by atoms with Gasteiger partial charge in [-0.15, -0.1) is 0 Å². The zero-order valence-corrected chi connectivity index (χ0v) is 19.3. The van der Waals surface area contributed by atoms with E-state index in [-0.39, 0.29) is 16.8 Å². The number of nitrogens with zero attached hydrogens (tertiary/aromatic N) is 2. The summed E-state index contributed by atoms with van der Waals surface area (Å²) >= 11 is 0. The lowest BCUT2D eigenvalue weighted by molar-refractivity contribution is 0.0938.